The molecule has 0 aromatic carbocycles. The molecule has 28 heavy (non-hydrogen) atoms. The van der Waals surface area contributed by atoms with Gasteiger partial charge in [-0.2, -0.15) is 0 Å². The predicted molar refractivity (Wildman–Crippen MR) is 113 cm³/mol. The Morgan fingerprint density at radius 2 is 1.79 bits per heavy atom. The SMILES string of the molecule is CCC1=C(C)C2=C(c3scnc3C)c3c(C)c(CC)c(C)n3[B-](F)(F)[N+]2=C1C. The number of hydrogen-bond acceptors (Lipinski definition) is 2. The Kier molecular flexibility index (Phi) is 4.30. The van der Waals surface area contributed by atoms with Gasteiger partial charge in [0.1, 0.15) is 5.71 Å². The molecule has 7 heteroatoms. The molecule has 3 nitrogen and oxygen atoms in total. The van der Waals surface area contributed by atoms with Crippen molar-refractivity contribution in [3.8, 4) is 0 Å². The van der Waals surface area contributed by atoms with Gasteiger partial charge in [-0.05, 0) is 57.4 Å². The first-order valence-electron chi connectivity index (χ1n) is 9.89. The van der Waals surface area contributed by atoms with E-state index in [1.807, 2.05) is 54.0 Å². The van der Waals surface area contributed by atoms with Gasteiger partial charge in [0.2, 0.25) is 0 Å². The van der Waals surface area contributed by atoms with Gasteiger partial charge in [0, 0.05) is 23.8 Å². The summed E-state index contributed by atoms with van der Waals surface area (Å²) in [5.41, 5.74) is 10.3. The number of fused-ring (bicyclic) bond motifs is 2. The number of allylic oxidation sites excluding steroid dienone is 2. The molecular weight excluding hydrogens is 375 g/mol. The first kappa shape index (κ1) is 19.3. The minimum atomic E-state index is -3.96. The summed E-state index contributed by atoms with van der Waals surface area (Å²) in [5, 5.41) is 0. The van der Waals surface area contributed by atoms with Crippen LogP contribution in [0.1, 0.15) is 67.2 Å². The highest BCUT2D eigenvalue weighted by molar-refractivity contribution is 7.11. The van der Waals surface area contributed by atoms with Gasteiger partial charge in [-0.15, -0.1) is 11.3 Å². The molecule has 2 aliphatic heterocycles. The average molecular weight is 401 g/mol. The number of aryl methyl sites for hydroxylation is 1. The molecule has 0 fully saturated rings. The fraction of sp³-hybridized carbons (Fsp3) is 0.429. The van der Waals surface area contributed by atoms with Crippen molar-refractivity contribution in [1.29, 1.82) is 0 Å². The summed E-state index contributed by atoms with van der Waals surface area (Å²) < 4.78 is 34.7. The first-order valence-corrected chi connectivity index (χ1v) is 10.8. The lowest BCUT2D eigenvalue weighted by Gasteiger charge is -2.33. The Hall–Kier alpha value is -2.02. The Morgan fingerprint density at radius 3 is 2.32 bits per heavy atom. The summed E-state index contributed by atoms with van der Waals surface area (Å²) in [4.78, 5) is 5.42. The Morgan fingerprint density at radius 1 is 1.11 bits per heavy atom. The lowest BCUT2D eigenvalue weighted by molar-refractivity contribution is -0.363. The van der Waals surface area contributed by atoms with Crippen LogP contribution >= 0.6 is 11.3 Å². The van der Waals surface area contributed by atoms with Crippen LogP contribution in [0.4, 0.5) is 8.63 Å². The molecule has 4 heterocycles. The van der Waals surface area contributed by atoms with E-state index < -0.39 is 6.97 Å². The summed E-state index contributed by atoms with van der Waals surface area (Å²) in [5.74, 6) is 0. The zero-order chi connectivity index (χ0) is 20.5. The topological polar surface area (TPSA) is 20.8 Å². The molecule has 0 amide bonds. The van der Waals surface area contributed by atoms with Gasteiger partial charge in [0.15, 0.2) is 5.70 Å². The van der Waals surface area contributed by atoms with Gasteiger partial charge in [0.25, 0.3) is 0 Å². The molecule has 0 atom stereocenters. The van der Waals surface area contributed by atoms with Crippen molar-refractivity contribution in [3.63, 3.8) is 0 Å². The summed E-state index contributed by atoms with van der Waals surface area (Å²) in [6.07, 6.45) is 1.48. The van der Waals surface area contributed by atoms with Crippen LogP contribution in [0.15, 0.2) is 22.4 Å². The molecule has 0 unspecified atom stereocenters. The zero-order valence-corrected chi connectivity index (χ0v) is 18.4. The molecular formula is C21H26BF2N3S. The number of rotatable bonds is 3. The predicted octanol–water partition coefficient (Wildman–Crippen LogP) is 5.64. The third-order valence-electron chi connectivity index (χ3n) is 6.47. The van der Waals surface area contributed by atoms with Gasteiger partial charge in [0.05, 0.1) is 21.7 Å². The van der Waals surface area contributed by atoms with Crippen molar-refractivity contribution in [2.24, 2.45) is 0 Å². The van der Waals surface area contributed by atoms with Crippen molar-refractivity contribution in [2.45, 2.75) is 61.3 Å². The maximum absolute atomic E-state index is 16.0. The van der Waals surface area contributed by atoms with E-state index in [1.54, 1.807) is 0 Å². The minimum absolute atomic E-state index is 0.669. The highest BCUT2D eigenvalue weighted by atomic mass is 32.1. The van der Waals surface area contributed by atoms with E-state index in [0.717, 1.165) is 51.3 Å². The molecule has 2 aromatic heterocycles. The Labute approximate surface area is 169 Å². The molecule has 0 radical (unpaired) electrons. The lowest BCUT2D eigenvalue weighted by atomic mass is 9.85. The van der Waals surface area contributed by atoms with Crippen LogP contribution in [0.3, 0.4) is 0 Å². The van der Waals surface area contributed by atoms with Crippen LogP contribution in [-0.2, 0) is 6.42 Å². The number of nitrogens with zero attached hydrogens (tertiary/aromatic N) is 3. The molecule has 148 valence electrons. The summed E-state index contributed by atoms with van der Waals surface area (Å²) in [6, 6.07) is 0. The number of hydrogen-bond donors (Lipinski definition) is 0. The molecule has 0 saturated heterocycles. The van der Waals surface area contributed by atoms with Crippen LogP contribution in [0, 0.1) is 20.8 Å². The van der Waals surface area contributed by atoms with E-state index in [2.05, 4.69) is 4.98 Å². The fourth-order valence-electron chi connectivity index (χ4n) is 5.24. The normalized spacial score (nSPS) is 18.3. The van der Waals surface area contributed by atoms with Crippen LogP contribution in [0.2, 0.25) is 0 Å². The molecule has 0 saturated carbocycles. The largest absolute Gasteiger partial charge is 0.737 e. The van der Waals surface area contributed by atoms with E-state index in [9.17, 15) is 0 Å². The summed E-state index contributed by atoms with van der Waals surface area (Å²) in [7, 11) is 0. The van der Waals surface area contributed by atoms with E-state index in [1.165, 1.54) is 20.3 Å². The molecule has 2 aliphatic rings. The molecule has 4 rings (SSSR count). The molecule has 0 bridgehead atoms. The van der Waals surface area contributed by atoms with Crippen LogP contribution < -0.4 is 0 Å². The monoisotopic (exact) mass is 401 g/mol. The Balaban J connectivity index is 2.25. The maximum atomic E-state index is 16.0. The fourth-order valence-corrected chi connectivity index (χ4v) is 6.09. The quantitative estimate of drug-likeness (QED) is 0.610. The van der Waals surface area contributed by atoms with E-state index in [4.69, 9.17) is 0 Å². The smallest absolute Gasteiger partial charge is 0.393 e. The first-order chi connectivity index (χ1) is 13.2. The van der Waals surface area contributed by atoms with Gasteiger partial charge < -0.3 is 17.6 Å². The molecule has 2 aromatic rings. The second-order valence-corrected chi connectivity index (χ2v) is 8.61. The number of aromatic nitrogens is 2. The molecule has 0 aliphatic carbocycles. The maximum Gasteiger partial charge on any atom is 0.737 e. The number of halogens is 2. The van der Waals surface area contributed by atoms with Crippen LogP contribution in [0.5, 0.6) is 0 Å². The van der Waals surface area contributed by atoms with E-state index in [-0.39, 0.29) is 0 Å². The standard InChI is InChI=1S/C21H26BF2N3S/c1-8-16-11(3)19-18(21-13(5)25-10-28-21)20-12(4)17(9-2)15(7)27(20)22(23,24)26(19)14(16)6/h10H,8-9H2,1-7H3. The highest BCUT2D eigenvalue weighted by Gasteiger charge is 2.57. The zero-order valence-electron chi connectivity index (χ0n) is 17.6. The summed E-state index contributed by atoms with van der Waals surface area (Å²) >= 11 is 1.53. The van der Waals surface area contributed by atoms with Crippen LogP contribution in [0.25, 0.3) is 5.57 Å². The number of thiazole rings is 1. The average Bonchev–Trinajstić information content (AvgIpc) is 3.24. The van der Waals surface area contributed by atoms with Gasteiger partial charge in [-0.3, -0.25) is 0 Å². The van der Waals surface area contributed by atoms with Crippen molar-refractivity contribution in [3.05, 3.63) is 55.4 Å². The highest BCUT2D eigenvalue weighted by Crippen LogP contribution is 2.48. The third-order valence-corrected chi connectivity index (χ3v) is 7.41. The third kappa shape index (κ3) is 2.19. The second-order valence-electron chi connectivity index (χ2n) is 7.75. The van der Waals surface area contributed by atoms with E-state index in [0.29, 0.717) is 22.8 Å². The molecule has 0 spiro atoms. The van der Waals surface area contributed by atoms with Crippen molar-refractivity contribution >= 4 is 29.6 Å². The lowest BCUT2D eigenvalue weighted by Crippen LogP contribution is -2.51. The van der Waals surface area contributed by atoms with Crippen LogP contribution in [-0.4, -0.2) is 26.6 Å². The van der Waals surface area contributed by atoms with E-state index >= 15 is 8.63 Å². The van der Waals surface area contributed by atoms with Crippen molar-refractivity contribution in [1.82, 2.24) is 9.46 Å². The van der Waals surface area contributed by atoms with Gasteiger partial charge in [-0.25, -0.2) is 4.98 Å². The summed E-state index contributed by atoms with van der Waals surface area (Å²) in [6.45, 7) is 9.72. The van der Waals surface area contributed by atoms with Gasteiger partial charge >= 0.3 is 6.97 Å². The van der Waals surface area contributed by atoms with Crippen molar-refractivity contribution < 1.29 is 13.1 Å². The molecule has 0 N–H and O–H groups in total. The van der Waals surface area contributed by atoms with Gasteiger partial charge in [-0.1, -0.05) is 13.8 Å². The second kappa shape index (κ2) is 6.24. The van der Waals surface area contributed by atoms with Crippen molar-refractivity contribution in [2.75, 3.05) is 0 Å². The Bertz CT molecular complexity index is 1120. The minimum Gasteiger partial charge on any atom is -0.393 e.